The molecule has 5 nitrogen and oxygen atoms in total. The SMILES string of the molecule is CC(=O)Nc1sc(NN)nc1-c1ccccc1. The number of aromatic nitrogens is 1. The van der Waals surface area contributed by atoms with Gasteiger partial charge in [-0.1, -0.05) is 41.7 Å². The van der Waals surface area contributed by atoms with Gasteiger partial charge in [0.25, 0.3) is 0 Å². The lowest BCUT2D eigenvalue weighted by Gasteiger charge is -2.01. The number of hydrogen-bond donors (Lipinski definition) is 3. The van der Waals surface area contributed by atoms with E-state index in [4.69, 9.17) is 5.84 Å². The molecular formula is C11H12N4OS. The van der Waals surface area contributed by atoms with Crippen LogP contribution in [0.15, 0.2) is 30.3 Å². The summed E-state index contributed by atoms with van der Waals surface area (Å²) in [5.41, 5.74) is 4.15. The summed E-state index contributed by atoms with van der Waals surface area (Å²) >= 11 is 1.30. The third-order valence-electron chi connectivity index (χ3n) is 2.09. The first-order chi connectivity index (χ1) is 8.20. The molecule has 4 N–H and O–H groups in total. The van der Waals surface area contributed by atoms with E-state index in [0.29, 0.717) is 10.1 Å². The van der Waals surface area contributed by atoms with Gasteiger partial charge in [-0.2, -0.15) is 0 Å². The Hall–Kier alpha value is -1.92. The van der Waals surface area contributed by atoms with Crippen molar-refractivity contribution in [2.75, 3.05) is 10.7 Å². The summed E-state index contributed by atoms with van der Waals surface area (Å²) in [6.07, 6.45) is 0. The highest BCUT2D eigenvalue weighted by Crippen LogP contribution is 2.35. The summed E-state index contributed by atoms with van der Waals surface area (Å²) in [7, 11) is 0. The monoisotopic (exact) mass is 248 g/mol. The third kappa shape index (κ3) is 2.61. The van der Waals surface area contributed by atoms with Gasteiger partial charge in [-0.3, -0.25) is 10.2 Å². The van der Waals surface area contributed by atoms with E-state index in [1.54, 1.807) is 0 Å². The van der Waals surface area contributed by atoms with Crippen LogP contribution in [0.1, 0.15) is 6.92 Å². The maximum atomic E-state index is 11.1. The molecule has 0 aliphatic rings. The number of carbonyl (C=O) groups excluding carboxylic acids is 1. The number of hydrogen-bond acceptors (Lipinski definition) is 5. The molecule has 2 rings (SSSR count). The average Bonchev–Trinajstić information content (AvgIpc) is 2.72. The average molecular weight is 248 g/mol. The van der Waals surface area contributed by atoms with Gasteiger partial charge in [-0.05, 0) is 0 Å². The summed E-state index contributed by atoms with van der Waals surface area (Å²) in [6, 6.07) is 9.63. The number of nitrogens with one attached hydrogen (secondary N) is 2. The lowest BCUT2D eigenvalue weighted by Crippen LogP contribution is -2.05. The highest BCUT2D eigenvalue weighted by atomic mass is 32.1. The molecule has 0 atom stereocenters. The van der Waals surface area contributed by atoms with Gasteiger partial charge >= 0.3 is 0 Å². The van der Waals surface area contributed by atoms with Crippen LogP contribution in [0.25, 0.3) is 11.3 Å². The van der Waals surface area contributed by atoms with E-state index < -0.39 is 0 Å². The summed E-state index contributed by atoms with van der Waals surface area (Å²) in [5, 5.41) is 4.00. The number of hydrazine groups is 1. The largest absolute Gasteiger partial charge is 0.316 e. The molecule has 0 aliphatic heterocycles. The highest BCUT2D eigenvalue weighted by Gasteiger charge is 2.13. The molecule has 0 radical (unpaired) electrons. The van der Waals surface area contributed by atoms with Gasteiger partial charge in [-0.25, -0.2) is 10.8 Å². The fourth-order valence-corrected chi connectivity index (χ4v) is 2.26. The molecule has 0 saturated carbocycles. The van der Waals surface area contributed by atoms with Crippen molar-refractivity contribution >= 4 is 27.4 Å². The molecule has 0 fully saturated rings. The van der Waals surface area contributed by atoms with Crippen molar-refractivity contribution in [2.24, 2.45) is 5.84 Å². The minimum Gasteiger partial charge on any atom is -0.316 e. The standard InChI is InChI=1S/C11H12N4OS/c1-7(16)13-10-9(14-11(15-12)17-10)8-5-3-2-4-6-8/h2-6H,12H2,1H3,(H,13,16)(H,14,15). The first-order valence-corrected chi connectivity index (χ1v) is 5.83. The molecule has 1 aromatic heterocycles. The molecule has 17 heavy (non-hydrogen) atoms. The van der Waals surface area contributed by atoms with E-state index >= 15 is 0 Å². The summed E-state index contributed by atoms with van der Waals surface area (Å²) in [5.74, 6) is 5.20. The zero-order valence-corrected chi connectivity index (χ0v) is 10.0. The van der Waals surface area contributed by atoms with Crippen LogP contribution in [-0.2, 0) is 4.79 Å². The van der Waals surface area contributed by atoms with Crippen molar-refractivity contribution in [3.63, 3.8) is 0 Å². The van der Waals surface area contributed by atoms with Crippen LogP contribution in [0.5, 0.6) is 0 Å². The van der Waals surface area contributed by atoms with Gasteiger partial charge in [0.05, 0.1) is 0 Å². The van der Waals surface area contributed by atoms with E-state index in [-0.39, 0.29) is 5.91 Å². The molecule has 6 heteroatoms. The van der Waals surface area contributed by atoms with Gasteiger partial charge in [0, 0.05) is 12.5 Å². The Kier molecular flexibility index (Phi) is 3.36. The van der Waals surface area contributed by atoms with Crippen LogP contribution in [0.3, 0.4) is 0 Å². The Morgan fingerprint density at radius 2 is 2.06 bits per heavy atom. The second-order valence-corrected chi connectivity index (χ2v) is 4.39. The molecule has 88 valence electrons. The molecule has 2 aromatic rings. The predicted molar refractivity (Wildman–Crippen MR) is 69.7 cm³/mol. The lowest BCUT2D eigenvalue weighted by molar-refractivity contribution is -0.114. The fourth-order valence-electron chi connectivity index (χ4n) is 1.42. The quantitative estimate of drug-likeness (QED) is 0.573. The first-order valence-electron chi connectivity index (χ1n) is 5.01. The number of thiazole rings is 1. The Morgan fingerprint density at radius 3 is 2.65 bits per heavy atom. The number of amides is 1. The van der Waals surface area contributed by atoms with Crippen molar-refractivity contribution in [3.8, 4) is 11.3 Å². The van der Waals surface area contributed by atoms with Crippen LogP contribution in [0.2, 0.25) is 0 Å². The maximum Gasteiger partial charge on any atom is 0.221 e. The van der Waals surface area contributed by atoms with Gasteiger partial charge in [0.15, 0.2) is 5.13 Å². The van der Waals surface area contributed by atoms with Crippen LogP contribution < -0.4 is 16.6 Å². The maximum absolute atomic E-state index is 11.1. The Bertz CT molecular complexity index is 524. The van der Waals surface area contributed by atoms with Crippen LogP contribution in [0.4, 0.5) is 10.1 Å². The number of nitrogen functional groups attached to an aromatic ring is 1. The smallest absolute Gasteiger partial charge is 0.221 e. The molecule has 1 aromatic carbocycles. The number of anilines is 2. The molecule has 1 heterocycles. The Balaban J connectivity index is 2.44. The topological polar surface area (TPSA) is 80.0 Å². The van der Waals surface area contributed by atoms with Gasteiger partial charge < -0.3 is 5.32 Å². The predicted octanol–water partition coefficient (Wildman–Crippen LogP) is 2.05. The number of benzene rings is 1. The molecule has 1 amide bonds. The summed E-state index contributed by atoms with van der Waals surface area (Å²) in [6.45, 7) is 1.46. The molecule has 0 saturated heterocycles. The van der Waals surface area contributed by atoms with Crippen molar-refractivity contribution in [2.45, 2.75) is 6.92 Å². The van der Waals surface area contributed by atoms with Gasteiger partial charge in [-0.15, -0.1) is 0 Å². The van der Waals surface area contributed by atoms with Crippen molar-refractivity contribution < 1.29 is 4.79 Å². The minimum atomic E-state index is -0.130. The Morgan fingerprint density at radius 1 is 1.35 bits per heavy atom. The normalized spacial score (nSPS) is 10.0. The van der Waals surface area contributed by atoms with E-state index in [0.717, 1.165) is 11.3 Å². The summed E-state index contributed by atoms with van der Waals surface area (Å²) < 4.78 is 0. The van der Waals surface area contributed by atoms with Crippen molar-refractivity contribution in [1.29, 1.82) is 0 Å². The van der Waals surface area contributed by atoms with E-state index in [2.05, 4.69) is 15.7 Å². The molecule has 0 unspecified atom stereocenters. The minimum absolute atomic E-state index is 0.130. The van der Waals surface area contributed by atoms with Crippen molar-refractivity contribution in [3.05, 3.63) is 30.3 Å². The van der Waals surface area contributed by atoms with E-state index in [9.17, 15) is 4.79 Å². The van der Waals surface area contributed by atoms with Crippen LogP contribution in [0, 0.1) is 0 Å². The number of carbonyl (C=O) groups is 1. The molecule has 0 bridgehead atoms. The summed E-state index contributed by atoms with van der Waals surface area (Å²) in [4.78, 5) is 15.4. The number of nitrogens with zero attached hydrogens (tertiary/aromatic N) is 1. The second kappa shape index (κ2) is 4.94. The van der Waals surface area contributed by atoms with Crippen molar-refractivity contribution in [1.82, 2.24) is 4.98 Å². The molecular weight excluding hydrogens is 236 g/mol. The number of rotatable bonds is 3. The molecule has 0 aliphatic carbocycles. The Labute approximate surface area is 103 Å². The highest BCUT2D eigenvalue weighted by molar-refractivity contribution is 7.20. The van der Waals surface area contributed by atoms with Crippen LogP contribution >= 0.6 is 11.3 Å². The fraction of sp³-hybridized carbons (Fsp3) is 0.0909. The van der Waals surface area contributed by atoms with Gasteiger partial charge in [0.1, 0.15) is 10.7 Å². The number of nitrogens with two attached hydrogens (primary N) is 1. The molecule has 0 spiro atoms. The lowest BCUT2D eigenvalue weighted by atomic mass is 10.2. The third-order valence-corrected chi connectivity index (χ3v) is 2.99. The zero-order valence-electron chi connectivity index (χ0n) is 9.23. The van der Waals surface area contributed by atoms with E-state index in [1.165, 1.54) is 18.3 Å². The van der Waals surface area contributed by atoms with Gasteiger partial charge in [0.2, 0.25) is 5.91 Å². The first kappa shape index (κ1) is 11.6. The zero-order chi connectivity index (χ0) is 12.3. The second-order valence-electron chi connectivity index (χ2n) is 3.39. The van der Waals surface area contributed by atoms with Crippen LogP contribution in [-0.4, -0.2) is 10.9 Å². The van der Waals surface area contributed by atoms with E-state index in [1.807, 2.05) is 30.3 Å².